The van der Waals surface area contributed by atoms with Crippen molar-refractivity contribution in [2.24, 2.45) is 0 Å². The molecule has 1 unspecified atom stereocenters. The molecule has 1 aliphatic heterocycles. The molecule has 1 fully saturated rings. The number of aryl methyl sites for hydroxylation is 1. The van der Waals surface area contributed by atoms with E-state index in [-0.39, 0.29) is 11.8 Å². The fourth-order valence-corrected chi connectivity index (χ4v) is 2.99. The van der Waals surface area contributed by atoms with Gasteiger partial charge in [0.1, 0.15) is 0 Å². The molecule has 1 aliphatic rings. The molecule has 3 heterocycles. The molecule has 1 amide bonds. The SMILES string of the molecule is Cc1ccccc1CN1CC(c2noc(-c3ccco3)n2)CC1=O. The number of carbonyl (C=O) groups excluding carboxylic acids is 1. The highest BCUT2D eigenvalue weighted by Gasteiger charge is 2.34. The summed E-state index contributed by atoms with van der Waals surface area (Å²) < 4.78 is 10.5. The van der Waals surface area contributed by atoms with Crippen LogP contribution in [0.25, 0.3) is 11.7 Å². The van der Waals surface area contributed by atoms with E-state index in [2.05, 4.69) is 29.2 Å². The lowest BCUT2D eigenvalue weighted by atomic mass is 10.1. The van der Waals surface area contributed by atoms with Gasteiger partial charge in [-0.1, -0.05) is 29.4 Å². The van der Waals surface area contributed by atoms with Gasteiger partial charge in [-0.25, -0.2) is 0 Å². The van der Waals surface area contributed by atoms with Gasteiger partial charge in [0.05, 0.1) is 6.26 Å². The van der Waals surface area contributed by atoms with Crippen LogP contribution in [-0.2, 0) is 11.3 Å². The molecular formula is C18H17N3O3. The Morgan fingerprint density at radius 1 is 1.25 bits per heavy atom. The van der Waals surface area contributed by atoms with Crippen LogP contribution in [0.5, 0.6) is 0 Å². The Hall–Kier alpha value is -2.89. The van der Waals surface area contributed by atoms with Crippen LogP contribution in [0.4, 0.5) is 0 Å². The van der Waals surface area contributed by atoms with E-state index in [1.165, 1.54) is 5.56 Å². The van der Waals surface area contributed by atoms with E-state index in [0.717, 1.165) is 5.56 Å². The largest absolute Gasteiger partial charge is 0.459 e. The molecule has 0 saturated carbocycles. The summed E-state index contributed by atoms with van der Waals surface area (Å²) >= 11 is 0. The van der Waals surface area contributed by atoms with Crippen molar-refractivity contribution in [3.63, 3.8) is 0 Å². The van der Waals surface area contributed by atoms with E-state index in [1.807, 2.05) is 17.0 Å². The fraction of sp³-hybridized carbons (Fsp3) is 0.278. The lowest BCUT2D eigenvalue weighted by Gasteiger charge is -2.17. The third-order valence-corrected chi connectivity index (χ3v) is 4.38. The highest BCUT2D eigenvalue weighted by atomic mass is 16.5. The number of nitrogens with zero attached hydrogens (tertiary/aromatic N) is 3. The Morgan fingerprint density at radius 2 is 2.12 bits per heavy atom. The molecule has 0 N–H and O–H groups in total. The van der Waals surface area contributed by atoms with Gasteiger partial charge in [-0.05, 0) is 30.2 Å². The molecule has 122 valence electrons. The van der Waals surface area contributed by atoms with Gasteiger partial charge < -0.3 is 13.8 Å². The standard InChI is InChI=1S/C18H17N3O3/c1-12-5-2-3-6-13(12)10-21-11-14(9-16(21)22)17-19-18(24-20-17)15-7-4-8-23-15/h2-8,14H,9-11H2,1H3. The summed E-state index contributed by atoms with van der Waals surface area (Å²) in [5, 5.41) is 4.02. The molecule has 6 heteroatoms. The number of rotatable bonds is 4. The normalized spacial score (nSPS) is 17.6. The van der Waals surface area contributed by atoms with E-state index in [4.69, 9.17) is 8.94 Å². The van der Waals surface area contributed by atoms with Crippen molar-refractivity contribution in [2.75, 3.05) is 6.54 Å². The molecule has 0 bridgehead atoms. The van der Waals surface area contributed by atoms with Crippen LogP contribution in [0.1, 0.15) is 29.3 Å². The number of likely N-dealkylation sites (tertiary alicyclic amines) is 1. The number of furan rings is 1. The van der Waals surface area contributed by atoms with Gasteiger partial charge in [0, 0.05) is 25.4 Å². The van der Waals surface area contributed by atoms with Crippen molar-refractivity contribution >= 4 is 5.91 Å². The Morgan fingerprint density at radius 3 is 2.92 bits per heavy atom. The highest BCUT2D eigenvalue weighted by Crippen LogP contribution is 2.29. The van der Waals surface area contributed by atoms with Crippen LogP contribution in [0.2, 0.25) is 0 Å². The molecule has 6 nitrogen and oxygen atoms in total. The summed E-state index contributed by atoms with van der Waals surface area (Å²) in [6.45, 7) is 3.28. The predicted molar refractivity (Wildman–Crippen MR) is 86.0 cm³/mol. The van der Waals surface area contributed by atoms with Gasteiger partial charge in [0.25, 0.3) is 5.89 Å². The molecule has 0 radical (unpaired) electrons. The summed E-state index contributed by atoms with van der Waals surface area (Å²) in [6, 6.07) is 11.6. The molecule has 0 spiro atoms. The van der Waals surface area contributed by atoms with Gasteiger partial charge in [0.15, 0.2) is 11.6 Å². The first kappa shape index (κ1) is 14.7. The molecule has 24 heavy (non-hydrogen) atoms. The zero-order valence-electron chi connectivity index (χ0n) is 13.3. The van der Waals surface area contributed by atoms with Crippen LogP contribution in [0.3, 0.4) is 0 Å². The maximum atomic E-state index is 12.3. The Labute approximate surface area is 139 Å². The third kappa shape index (κ3) is 2.71. The van der Waals surface area contributed by atoms with Gasteiger partial charge in [-0.2, -0.15) is 4.98 Å². The van der Waals surface area contributed by atoms with Crippen LogP contribution in [0, 0.1) is 6.92 Å². The first-order valence-electron chi connectivity index (χ1n) is 7.90. The maximum Gasteiger partial charge on any atom is 0.293 e. The number of hydrogen-bond donors (Lipinski definition) is 0. The fourth-order valence-electron chi connectivity index (χ4n) is 2.99. The van der Waals surface area contributed by atoms with E-state index in [0.29, 0.717) is 37.0 Å². The summed E-state index contributed by atoms with van der Waals surface area (Å²) in [7, 11) is 0. The van der Waals surface area contributed by atoms with Crippen LogP contribution >= 0.6 is 0 Å². The number of aromatic nitrogens is 2. The van der Waals surface area contributed by atoms with Crippen molar-refractivity contribution in [1.29, 1.82) is 0 Å². The van der Waals surface area contributed by atoms with Gasteiger partial charge in [0.2, 0.25) is 5.91 Å². The molecule has 4 rings (SSSR count). The second-order valence-corrected chi connectivity index (χ2v) is 6.04. The molecule has 2 aromatic heterocycles. The highest BCUT2D eigenvalue weighted by molar-refractivity contribution is 5.79. The molecule has 3 aromatic rings. The average Bonchev–Trinajstić information content (AvgIpc) is 3.30. The second kappa shape index (κ2) is 5.96. The van der Waals surface area contributed by atoms with Crippen molar-refractivity contribution in [3.8, 4) is 11.7 Å². The van der Waals surface area contributed by atoms with Gasteiger partial charge in [-0.3, -0.25) is 4.79 Å². The number of carbonyl (C=O) groups is 1. The van der Waals surface area contributed by atoms with E-state index in [9.17, 15) is 4.79 Å². The van der Waals surface area contributed by atoms with Gasteiger partial charge >= 0.3 is 0 Å². The van der Waals surface area contributed by atoms with E-state index in [1.54, 1.807) is 18.4 Å². The lowest BCUT2D eigenvalue weighted by Crippen LogP contribution is -2.24. The van der Waals surface area contributed by atoms with Crippen molar-refractivity contribution in [2.45, 2.75) is 25.8 Å². The Kier molecular flexibility index (Phi) is 3.65. The minimum Gasteiger partial charge on any atom is -0.459 e. The summed E-state index contributed by atoms with van der Waals surface area (Å²) in [5.74, 6) is 1.51. The number of amides is 1. The summed E-state index contributed by atoms with van der Waals surface area (Å²) in [5.41, 5.74) is 2.35. The number of benzene rings is 1. The molecule has 1 atom stereocenters. The van der Waals surface area contributed by atoms with E-state index < -0.39 is 0 Å². The maximum absolute atomic E-state index is 12.3. The zero-order chi connectivity index (χ0) is 16.5. The average molecular weight is 323 g/mol. The minimum absolute atomic E-state index is 0.0472. The molecule has 1 saturated heterocycles. The summed E-state index contributed by atoms with van der Waals surface area (Å²) in [4.78, 5) is 18.6. The topological polar surface area (TPSA) is 72.4 Å². The van der Waals surface area contributed by atoms with Crippen LogP contribution in [-0.4, -0.2) is 27.5 Å². The molecular weight excluding hydrogens is 306 g/mol. The predicted octanol–water partition coefficient (Wildman–Crippen LogP) is 3.15. The molecule has 1 aromatic carbocycles. The van der Waals surface area contributed by atoms with Crippen LogP contribution < -0.4 is 0 Å². The smallest absolute Gasteiger partial charge is 0.293 e. The Bertz CT molecular complexity index is 854. The minimum atomic E-state index is -0.0472. The zero-order valence-corrected chi connectivity index (χ0v) is 13.3. The summed E-state index contributed by atoms with van der Waals surface area (Å²) in [6.07, 6.45) is 1.96. The monoisotopic (exact) mass is 323 g/mol. The van der Waals surface area contributed by atoms with Crippen molar-refractivity contribution in [3.05, 3.63) is 59.6 Å². The Balaban J connectivity index is 1.49. The van der Waals surface area contributed by atoms with Crippen LogP contribution in [0.15, 0.2) is 51.6 Å². The molecule has 0 aliphatic carbocycles. The first-order valence-corrected chi connectivity index (χ1v) is 7.90. The van der Waals surface area contributed by atoms with Crippen molar-refractivity contribution < 1.29 is 13.7 Å². The second-order valence-electron chi connectivity index (χ2n) is 6.04. The van der Waals surface area contributed by atoms with Gasteiger partial charge in [-0.15, -0.1) is 0 Å². The number of hydrogen-bond acceptors (Lipinski definition) is 5. The van der Waals surface area contributed by atoms with E-state index >= 15 is 0 Å². The van der Waals surface area contributed by atoms with Crippen molar-refractivity contribution in [1.82, 2.24) is 15.0 Å². The third-order valence-electron chi connectivity index (χ3n) is 4.38. The first-order chi connectivity index (χ1) is 11.7. The quantitative estimate of drug-likeness (QED) is 0.737. The lowest BCUT2D eigenvalue weighted by molar-refractivity contribution is -0.128.